The Morgan fingerprint density at radius 3 is 2.33 bits per heavy atom. The lowest BCUT2D eigenvalue weighted by Gasteiger charge is -2.13. The highest BCUT2D eigenvalue weighted by molar-refractivity contribution is 9.11. The maximum absolute atomic E-state index is 5.88. The van der Waals surface area contributed by atoms with Crippen LogP contribution in [0.15, 0.2) is 49.8 Å². The van der Waals surface area contributed by atoms with Crippen molar-refractivity contribution >= 4 is 47.8 Å². The Balaban J connectivity index is 2.39. The zero-order valence-electron chi connectivity index (χ0n) is 9.41. The SMILES string of the molecule is COc1cccc(Br)c1Oc1ccc(Br)cc1Br. The summed E-state index contributed by atoms with van der Waals surface area (Å²) < 4.78 is 13.9. The van der Waals surface area contributed by atoms with Crippen LogP contribution in [0.25, 0.3) is 0 Å². The molecule has 0 heterocycles. The lowest BCUT2D eigenvalue weighted by Crippen LogP contribution is -1.92. The lowest BCUT2D eigenvalue weighted by atomic mass is 10.3. The molecule has 0 atom stereocenters. The Labute approximate surface area is 131 Å². The number of halogens is 3. The maximum atomic E-state index is 5.88. The first-order chi connectivity index (χ1) is 8.61. The second kappa shape index (κ2) is 6.08. The molecule has 0 aliphatic rings. The molecule has 0 aromatic heterocycles. The van der Waals surface area contributed by atoms with Gasteiger partial charge in [0.25, 0.3) is 0 Å². The number of para-hydroxylation sites is 1. The van der Waals surface area contributed by atoms with Gasteiger partial charge in [0.1, 0.15) is 5.75 Å². The average molecular weight is 437 g/mol. The fourth-order valence-electron chi connectivity index (χ4n) is 1.42. The summed E-state index contributed by atoms with van der Waals surface area (Å²) in [4.78, 5) is 0. The van der Waals surface area contributed by atoms with Crippen molar-refractivity contribution in [3.8, 4) is 17.2 Å². The van der Waals surface area contributed by atoms with Crippen LogP contribution in [0, 0.1) is 0 Å². The maximum Gasteiger partial charge on any atom is 0.183 e. The van der Waals surface area contributed by atoms with Crippen LogP contribution in [0.2, 0.25) is 0 Å². The first kappa shape index (κ1) is 13.9. The number of hydrogen-bond acceptors (Lipinski definition) is 2. The fraction of sp³-hybridized carbons (Fsp3) is 0.0769. The molecule has 94 valence electrons. The normalized spacial score (nSPS) is 10.2. The molecule has 0 saturated heterocycles. The van der Waals surface area contributed by atoms with Crippen molar-refractivity contribution in [2.45, 2.75) is 0 Å². The highest BCUT2D eigenvalue weighted by Gasteiger charge is 2.11. The molecule has 0 spiro atoms. The third-order valence-corrected chi connectivity index (χ3v) is 3.99. The van der Waals surface area contributed by atoms with E-state index in [4.69, 9.17) is 9.47 Å². The molecule has 2 rings (SSSR count). The van der Waals surface area contributed by atoms with E-state index in [0.717, 1.165) is 19.2 Å². The third kappa shape index (κ3) is 3.08. The summed E-state index contributed by atoms with van der Waals surface area (Å²) in [5.41, 5.74) is 0. The predicted octanol–water partition coefficient (Wildman–Crippen LogP) is 5.78. The largest absolute Gasteiger partial charge is 0.493 e. The van der Waals surface area contributed by atoms with Crippen molar-refractivity contribution in [3.05, 3.63) is 49.8 Å². The fourth-order valence-corrected chi connectivity index (χ4v) is 2.97. The van der Waals surface area contributed by atoms with Gasteiger partial charge in [-0.1, -0.05) is 22.0 Å². The van der Waals surface area contributed by atoms with E-state index < -0.39 is 0 Å². The summed E-state index contributed by atoms with van der Waals surface area (Å²) in [6, 6.07) is 11.4. The molecular formula is C13H9Br3O2. The van der Waals surface area contributed by atoms with Gasteiger partial charge in [-0.2, -0.15) is 0 Å². The van der Waals surface area contributed by atoms with Gasteiger partial charge in [-0.15, -0.1) is 0 Å². The van der Waals surface area contributed by atoms with Crippen LogP contribution in [0.5, 0.6) is 17.2 Å². The molecule has 18 heavy (non-hydrogen) atoms. The van der Waals surface area contributed by atoms with Crippen molar-refractivity contribution in [1.82, 2.24) is 0 Å². The number of benzene rings is 2. The van der Waals surface area contributed by atoms with Gasteiger partial charge in [0.15, 0.2) is 11.5 Å². The van der Waals surface area contributed by atoms with Gasteiger partial charge in [0.2, 0.25) is 0 Å². The van der Waals surface area contributed by atoms with Gasteiger partial charge in [-0.25, -0.2) is 0 Å². The first-order valence-electron chi connectivity index (χ1n) is 5.07. The van der Waals surface area contributed by atoms with E-state index in [1.165, 1.54) is 0 Å². The molecule has 0 aliphatic heterocycles. The van der Waals surface area contributed by atoms with E-state index >= 15 is 0 Å². The quantitative estimate of drug-likeness (QED) is 0.607. The molecule has 0 radical (unpaired) electrons. The van der Waals surface area contributed by atoms with Crippen LogP contribution in [0.4, 0.5) is 0 Å². The standard InChI is InChI=1S/C13H9Br3O2/c1-17-12-4-2-3-9(15)13(12)18-11-6-5-8(14)7-10(11)16/h2-7H,1H3. The summed E-state index contributed by atoms with van der Waals surface area (Å²) in [6.07, 6.45) is 0. The van der Waals surface area contributed by atoms with Crippen molar-refractivity contribution in [3.63, 3.8) is 0 Å². The molecule has 2 nitrogen and oxygen atoms in total. The van der Waals surface area contributed by atoms with Crippen molar-refractivity contribution in [2.75, 3.05) is 7.11 Å². The van der Waals surface area contributed by atoms with Crippen LogP contribution in [0.3, 0.4) is 0 Å². The van der Waals surface area contributed by atoms with Crippen LogP contribution in [0.1, 0.15) is 0 Å². The zero-order valence-corrected chi connectivity index (χ0v) is 14.2. The number of hydrogen-bond donors (Lipinski definition) is 0. The lowest BCUT2D eigenvalue weighted by molar-refractivity contribution is 0.377. The first-order valence-corrected chi connectivity index (χ1v) is 7.45. The third-order valence-electron chi connectivity index (χ3n) is 2.26. The Kier molecular flexibility index (Phi) is 4.70. The average Bonchev–Trinajstić information content (AvgIpc) is 2.34. The molecular weight excluding hydrogens is 428 g/mol. The molecule has 0 bridgehead atoms. The Morgan fingerprint density at radius 1 is 0.889 bits per heavy atom. The van der Waals surface area contributed by atoms with Gasteiger partial charge >= 0.3 is 0 Å². The Hall–Kier alpha value is -0.520. The summed E-state index contributed by atoms with van der Waals surface area (Å²) >= 11 is 10.3. The minimum atomic E-state index is 0.656. The van der Waals surface area contributed by atoms with Gasteiger partial charge in [-0.3, -0.25) is 0 Å². The van der Waals surface area contributed by atoms with E-state index in [2.05, 4.69) is 47.8 Å². The minimum absolute atomic E-state index is 0.656. The summed E-state index contributed by atoms with van der Waals surface area (Å²) in [6.45, 7) is 0. The van der Waals surface area contributed by atoms with Crippen molar-refractivity contribution in [1.29, 1.82) is 0 Å². The van der Waals surface area contributed by atoms with E-state index in [1.54, 1.807) is 7.11 Å². The predicted molar refractivity (Wildman–Crippen MR) is 82.6 cm³/mol. The highest BCUT2D eigenvalue weighted by atomic mass is 79.9. The van der Waals surface area contributed by atoms with Gasteiger partial charge in [0, 0.05) is 4.47 Å². The zero-order chi connectivity index (χ0) is 13.1. The van der Waals surface area contributed by atoms with Crippen LogP contribution < -0.4 is 9.47 Å². The van der Waals surface area contributed by atoms with Crippen LogP contribution in [-0.4, -0.2) is 7.11 Å². The summed E-state index contributed by atoms with van der Waals surface area (Å²) in [7, 11) is 1.62. The van der Waals surface area contributed by atoms with Crippen molar-refractivity contribution in [2.24, 2.45) is 0 Å². The van der Waals surface area contributed by atoms with E-state index in [1.807, 2.05) is 36.4 Å². The number of rotatable bonds is 3. The molecule has 5 heteroatoms. The smallest absolute Gasteiger partial charge is 0.183 e. The van der Waals surface area contributed by atoms with Gasteiger partial charge in [-0.05, 0) is 62.2 Å². The summed E-state index contributed by atoms with van der Waals surface area (Å²) in [5.74, 6) is 2.06. The van der Waals surface area contributed by atoms with E-state index in [-0.39, 0.29) is 0 Å². The Bertz CT molecular complexity index is 570. The number of ether oxygens (including phenoxy) is 2. The van der Waals surface area contributed by atoms with Gasteiger partial charge in [0.05, 0.1) is 16.1 Å². The number of methoxy groups -OCH3 is 1. The molecule has 2 aromatic rings. The second-order valence-electron chi connectivity index (χ2n) is 3.45. The molecule has 2 aromatic carbocycles. The van der Waals surface area contributed by atoms with Crippen molar-refractivity contribution < 1.29 is 9.47 Å². The molecule has 0 saturated carbocycles. The van der Waals surface area contributed by atoms with E-state index in [0.29, 0.717) is 11.5 Å². The molecule has 0 amide bonds. The van der Waals surface area contributed by atoms with Crippen LogP contribution >= 0.6 is 47.8 Å². The molecule has 0 N–H and O–H groups in total. The van der Waals surface area contributed by atoms with E-state index in [9.17, 15) is 0 Å². The van der Waals surface area contributed by atoms with Gasteiger partial charge < -0.3 is 9.47 Å². The monoisotopic (exact) mass is 434 g/mol. The minimum Gasteiger partial charge on any atom is -0.493 e. The summed E-state index contributed by atoms with van der Waals surface area (Å²) in [5, 5.41) is 0. The highest BCUT2D eigenvalue weighted by Crippen LogP contribution is 2.40. The Morgan fingerprint density at radius 2 is 1.67 bits per heavy atom. The molecule has 0 aliphatic carbocycles. The second-order valence-corrected chi connectivity index (χ2v) is 6.07. The topological polar surface area (TPSA) is 18.5 Å². The molecule has 0 unspecified atom stereocenters. The van der Waals surface area contributed by atoms with Crippen LogP contribution in [-0.2, 0) is 0 Å². The molecule has 0 fully saturated rings.